The summed E-state index contributed by atoms with van der Waals surface area (Å²) >= 11 is 0. The number of piperidine rings is 1. The van der Waals surface area contributed by atoms with Crippen LogP contribution >= 0.6 is 12.4 Å². The lowest BCUT2D eigenvalue weighted by atomic mass is 9.98. The van der Waals surface area contributed by atoms with Crippen molar-refractivity contribution in [3.63, 3.8) is 0 Å². The van der Waals surface area contributed by atoms with Gasteiger partial charge in [-0.05, 0) is 25.0 Å². The number of hydrogen-bond donors (Lipinski definition) is 2. The van der Waals surface area contributed by atoms with Gasteiger partial charge in [0.25, 0.3) is 5.91 Å². The Hall–Kier alpha value is -1.59. The Morgan fingerprint density at radius 1 is 1.09 bits per heavy atom. The first-order chi connectivity index (χ1) is 10.2. The van der Waals surface area contributed by atoms with Crippen LogP contribution in [0.1, 0.15) is 23.2 Å². The van der Waals surface area contributed by atoms with Crippen molar-refractivity contribution in [1.29, 1.82) is 0 Å². The lowest BCUT2D eigenvalue weighted by Gasteiger charge is -2.37. The van der Waals surface area contributed by atoms with Crippen LogP contribution in [0, 0.1) is 5.92 Å². The Morgan fingerprint density at radius 3 is 2.27 bits per heavy atom. The van der Waals surface area contributed by atoms with E-state index in [1.165, 1.54) is 0 Å². The molecule has 0 unspecified atom stereocenters. The van der Waals surface area contributed by atoms with Crippen LogP contribution in [0.4, 0.5) is 0 Å². The van der Waals surface area contributed by atoms with E-state index in [0.717, 1.165) is 39.0 Å². The molecule has 1 aromatic carbocycles. The van der Waals surface area contributed by atoms with Crippen LogP contribution in [0.5, 0.6) is 0 Å². The Morgan fingerprint density at radius 2 is 1.73 bits per heavy atom. The highest BCUT2D eigenvalue weighted by Crippen LogP contribution is 2.16. The van der Waals surface area contributed by atoms with Gasteiger partial charge >= 0.3 is 0 Å². The predicted molar refractivity (Wildman–Crippen MR) is 87.1 cm³/mol. The van der Waals surface area contributed by atoms with E-state index >= 15 is 0 Å². The number of halogens is 1. The number of hydrogen-bond acceptors (Lipinski definition) is 3. The minimum atomic E-state index is -0.0245. The van der Waals surface area contributed by atoms with Gasteiger partial charge in [-0.25, -0.2) is 0 Å². The standard InChI is InChI=1S/C16H21N3O2.ClH/c20-15(12-4-2-1-3-5-12)18-14-6-8-19(9-7-14)16(21)13-10-17-11-13;/h1-5,13-14,17H,6-11H2,(H,18,20);1H. The number of nitrogens with one attached hydrogen (secondary N) is 2. The van der Waals surface area contributed by atoms with Crippen LogP contribution in [0.3, 0.4) is 0 Å². The van der Waals surface area contributed by atoms with Crippen molar-refractivity contribution in [2.24, 2.45) is 5.92 Å². The Bertz CT molecular complexity index is 511. The summed E-state index contributed by atoms with van der Waals surface area (Å²) in [4.78, 5) is 26.2. The SMILES string of the molecule is Cl.O=C(NC1CCN(C(=O)C2CNC2)CC1)c1ccccc1. The average molecular weight is 324 g/mol. The molecule has 2 heterocycles. The number of amides is 2. The molecule has 120 valence electrons. The van der Waals surface area contributed by atoms with Crippen molar-refractivity contribution in [2.75, 3.05) is 26.2 Å². The highest BCUT2D eigenvalue weighted by molar-refractivity contribution is 5.94. The summed E-state index contributed by atoms with van der Waals surface area (Å²) in [5, 5.41) is 6.19. The molecule has 0 atom stereocenters. The van der Waals surface area contributed by atoms with Crippen molar-refractivity contribution < 1.29 is 9.59 Å². The number of carbonyl (C=O) groups excluding carboxylic acids is 2. The molecule has 2 fully saturated rings. The number of benzene rings is 1. The van der Waals surface area contributed by atoms with E-state index in [1.54, 1.807) is 0 Å². The third-order valence-electron chi connectivity index (χ3n) is 4.31. The van der Waals surface area contributed by atoms with Crippen molar-refractivity contribution in [3.8, 4) is 0 Å². The molecular formula is C16H22ClN3O2. The second kappa shape index (κ2) is 7.61. The third kappa shape index (κ3) is 3.78. The smallest absolute Gasteiger partial charge is 0.251 e. The minimum absolute atomic E-state index is 0. The highest BCUT2D eigenvalue weighted by Gasteiger charge is 2.31. The van der Waals surface area contributed by atoms with E-state index in [9.17, 15) is 9.59 Å². The normalized spacial score (nSPS) is 19.0. The van der Waals surface area contributed by atoms with Gasteiger partial charge in [-0.2, -0.15) is 0 Å². The van der Waals surface area contributed by atoms with Crippen molar-refractivity contribution >= 4 is 24.2 Å². The summed E-state index contributed by atoms with van der Waals surface area (Å²) in [7, 11) is 0. The van der Waals surface area contributed by atoms with E-state index in [0.29, 0.717) is 5.56 Å². The van der Waals surface area contributed by atoms with E-state index in [4.69, 9.17) is 0 Å². The molecule has 2 N–H and O–H groups in total. The van der Waals surface area contributed by atoms with E-state index in [-0.39, 0.29) is 36.2 Å². The molecule has 2 aliphatic heterocycles. The maximum absolute atomic E-state index is 12.1. The van der Waals surface area contributed by atoms with Crippen LogP contribution in [0.2, 0.25) is 0 Å². The van der Waals surface area contributed by atoms with Crippen LogP contribution in [0.25, 0.3) is 0 Å². The summed E-state index contributed by atoms with van der Waals surface area (Å²) in [6.45, 7) is 3.11. The fourth-order valence-electron chi connectivity index (χ4n) is 2.82. The molecule has 2 saturated heterocycles. The van der Waals surface area contributed by atoms with Crippen molar-refractivity contribution in [1.82, 2.24) is 15.5 Å². The second-order valence-corrected chi connectivity index (χ2v) is 5.79. The maximum atomic E-state index is 12.1. The molecule has 0 aromatic heterocycles. The summed E-state index contributed by atoms with van der Waals surface area (Å²) < 4.78 is 0. The first-order valence-corrected chi connectivity index (χ1v) is 7.59. The fraction of sp³-hybridized carbons (Fsp3) is 0.500. The van der Waals surface area contributed by atoms with Gasteiger partial charge in [-0.1, -0.05) is 18.2 Å². The topological polar surface area (TPSA) is 61.4 Å². The molecule has 2 aliphatic rings. The summed E-state index contributed by atoms with van der Waals surface area (Å²) in [5.41, 5.74) is 0.691. The molecular weight excluding hydrogens is 302 g/mol. The monoisotopic (exact) mass is 323 g/mol. The number of likely N-dealkylation sites (tertiary alicyclic amines) is 1. The number of rotatable bonds is 3. The summed E-state index contributed by atoms with van der Waals surface area (Å²) in [5.74, 6) is 0.408. The molecule has 6 heteroatoms. The fourth-order valence-corrected chi connectivity index (χ4v) is 2.82. The van der Waals surface area contributed by atoms with E-state index in [1.807, 2.05) is 35.2 Å². The van der Waals surface area contributed by atoms with Gasteiger partial charge < -0.3 is 15.5 Å². The zero-order valence-corrected chi connectivity index (χ0v) is 13.3. The Balaban J connectivity index is 0.00000176. The van der Waals surface area contributed by atoms with Crippen LogP contribution in [0.15, 0.2) is 30.3 Å². The summed E-state index contributed by atoms with van der Waals surface area (Å²) in [6.07, 6.45) is 1.68. The van der Waals surface area contributed by atoms with Gasteiger partial charge in [0.2, 0.25) is 5.91 Å². The van der Waals surface area contributed by atoms with Gasteiger partial charge in [0.1, 0.15) is 0 Å². The van der Waals surface area contributed by atoms with Crippen LogP contribution < -0.4 is 10.6 Å². The molecule has 5 nitrogen and oxygen atoms in total. The molecule has 0 saturated carbocycles. The van der Waals surface area contributed by atoms with E-state index in [2.05, 4.69) is 10.6 Å². The van der Waals surface area contributed by atoms with Crippen molar-refractivity contribution in [2.45, 2.75) is 18.9 Å². The van der Waals surface area contributed by atoms with Crippen LogP contribution in [-0.4, -0.2) is 48.9 Å². The van der Waals surface area contributed by atoms with E-state index < -0.39 is 0 Å². The molecule has 1 aromatic rings. The second-order valence-electron chi connectivity index (χ2n) is 5.79. The Labute approximate surface area is 136 Å². The minimum Gasteiger partial charge on any atom is -0.349 e. The predicted octanol–water partition coefficient (Wildman–Crippen LogP) is 1.05. The molecule has 0 spiro atoms. The zero-order chi connectivity index (χ0) is 14.7. The highest BCUT2D eigenvalue weighted by atomic mass is 35.5. The first-order valence-electron chi connectivity index (χ1n) is 7.59. The number of nitrogens with zero attached hydrogens (tertiary/aromatic N) is 1. The van der Waals surface area contributed by atoms with Crippen molar-refractivity contribution in [3.05, 3.63) is 35.9 Å². The molecule has 0 aliphatic carbocycles. The number of carbonyl (C=O) groups is 2. The molecule has 0 radical (unpaired) electrons. The molecule has 2 amide bonds. The largest absolute Gasteiger partial charge is 0.349 e. The average Bonchev–Trinajstić information content (AvgIpc) is 2.47. The van der Waals surface area contributed by atoms with Gasteiger partial charge in [0, 0.05) is 37.8 Å². The summed E-state index contributed by atoms with van der Waals surface area (Å²) in [6, 6.07) is 9.43. The molecule has 3 rings (SSSR count). The van der Waals surface area contributed by atoms with Gasteiger partial charge in [-0.15, -0.1) is 12.4 Å². The van der Waals surface area contributed by atoms with Gasteiger partial charge in [0.15, 0.2) is 0 Å². The zero-order valence-electron chi connectivity index (χ0n) is 12.5. The maximum Gasteiger partial charge on any atom is 0.251 e. The Kier molecular flexibility index (Phi) is 5.80. The first kappa shape index (κ1) is 16.8. The van der Waals surface area contributed by atoms with Crippen LogP contribution in [-0.2, 0) is 4.79 Å². The quantitative estimate of drug-likeness (QED) is 0.874. The van der Waals surface area contributed by atoms with Gasteiger partial charge in [-0.3, -0.25) is 9.59 Å². The van der Waals surface area contributed by atoms with Gasteiger partial charge in [0.05, 0.1) is 5.92 Å². The molecule has 22 heavy (non-hydrogen) atoms. The lowest BCUT2D eigenvalue weighted by molar-refractivity contribution is -0.138. The lowest BCUT2D eigenvalue weighted by Crippen LogP contribution is -2.55. The third-order valence-corrected chi connectivity index (χ3v) is 4.31. The molecule has 0 bridgehead atoms.